The third-order valence-corrected chi connectivity index (χ3v) is 6.48. The maximum atomic E-state index is 12.4. The van der Waals surface area contributed by atoms with Gasteiger partial charge in [-0.25, -0.2) is 9.59 Å². The number of carbonyl (C=O) groups is 2. The highest BCUT2D eigenvalue weighted by Crippen LogP contribution is 2.35. The Hall–Kier alpha value is -5.54. The van der Waals surface area contributed by atoms with Crippen LogP contribution < -0.4 is 30.3 Å². The number of esters is 1. The molecule has 1 aliphatic rings. The first-order chi connectivity index (χ1) is 21.3. The standard InChI is InChI=1S/C32H33N5O7/c1-4-42-27-15-24(30-29(31(39)41-3)20(2)35-32(40)36-30)11-14-26(27)44-19-28(38)37-34-17-22-9-12-25(13-10-22)43-18-23-7-5-21(16-33)6-8-23/h5-15,17,28,30,37-38H,4,18-19H2,1-3H3,(H2,35,36,40)/b34-17+/t28-,30+/m0/s1. The summed E-state index contributed by atoms with van der Waals surface area (Å²) in [6.07, 6.45) is 0.422. The largest absolute Gasteiger partial charge is 0.490 e. The molecule has 4 rings (SSSR count). The van der Waals surface area contributed by atoms with Gasteiger partial charge in [0.15, 0.2) is 17.7 Å². The highest BCUT2D eigenvalue weighted by atomic mass is 16.5. The van der Waals surface area contributed by atoms with Crippen LogP contribution in [0.5, 0.6) is 17.2 Å². The van der Waals surface area contributed by atoms with E-state index in [0.29, 0.717) is 47.3 Å². The van der Waals surface area contributed by atoms with Crippen molar-refractivity contribution in [1.82, 2.24) is 16.1 Å². The lowest BCUT2D eigenvalue weighted by Crippen LogP contribution is -2.45. The van der Waals surface area contributed by atoms with Crippen molar-refractivity contribution in [2.45, 2.75) is 32.7 Å². The molecule has 1 aliphatic heterocycles. The summed E-state index contributed by atoms with van der Waals surface area (Å²) in [4.78, 5) is 24.5. The molecular weight excluding hydrogens is 566 g/mol. The molecule has 12 nitrogen and oxygen atoms in total. The molecule has 3 aromatic rings. The molecule has 2 atom stereocenters. The van der Waals surface area contributed by atoms with E-state index in [1.165, 1.54) is 7.11 Å². The number of rotatable bonds is 13. The lowest BCUT2D eigenvalue weighted by Gasteiger charge is -2.28. The van der Waals surface area contributed by atoms with E-state index in [0.717, 1.165) is 11.1 Å². The Kier molecular flexibility index (Phi) is 10.8. The lowest BCUT2D eigenvalue weighted by molar-refractivity contribution is -0.136. The van der Waals surface area contributed by atoms with Crippen LogP contribution in [0.15, 0.2) is 83.1 Å². The van der Waals surface area contributed by atoms with Crippen molar-refractivity contribution < 1.29 is 33.6 Å². The average molecular weight is 600 g/mol. The minimum Gasteiger partial charge on any atom is -0.490 e. The molecule has 0 radical (unpaired) electrons. The van der Waals surface area contributed by atoms with Gasteiger partial charge in [0.1, 0.15) is 19.0 Å². The van der Waals surface area contributed by atoms with Gasteiger partial charge >= 0.3 is 12.0 Å². The fraction of sp³-hybridized carbons (Fsp3) is 0.250. The summed E-state index contributed by atoms with van der Waals surface area (Å²) >= 11 is 0. The van der Waals surface area contributed by atoms with Crippen molar-refractivity contribution in [3.63, 3.8) is 0 Å². The Bertz CT molecular complexity index is 1560. The van der Waals surface area contributed by atoms with Crippen LogP contribution in [0.4, 0.5) is 4.79 Å². The number of hydrogen-bond acceptors (Lipinski definition) is 10. The normalized spacial score (nSPS) is 15.1. The maximum Gasteiger partial charge on any atom is 0.337 e. The van der Waals surface area contributed by atoms with Crippen LogP contribution in [0, 0.1) is 11.3 Å². The zero-order chi connectivity index (χ0) is 31.5. The van der Waals surface area contributed by atoms with E-state index in [4.69, 9.17) is 24.2 Å². The van der Waals surface area contributed by atoms with E-state index < -0.39 is 24.3 Å². The quantitative estimate of drug-likeness (QED) is 0.0994. The highest BCUT2D eigenvalue weighted by Gasteiger charge is 2.32. The number of hydrazone groups is 1. The maximum absolute atomic E-state index is 12.4. The molecule has 0 spiro atoms. The van der Waals surface area contributed by atoms with Gasteiger partial charge in [0.2, 0.25) is 0 Å². The number of nitrogens with zero attached hydrogens (tertiary/aromatic N) is 2. The molecular formula is C32H33N5O7. The molecule has 3 aromatic carbocycles. The molecule has 0 saturated heterocycles. The van der Waals surface area contributed by atoms with E-state index in [-0.39, 0.29) is 12.2 Å². The Morgan fingerprint density at radius 2 is 1.84 bits per heavy atom. The average Bonchev–Trinajstić information content (AvgIpc) is 3.03. The predicted octanol–water partition coefficient (Wildman–Crippen LogP) is 3.66. The Morgan fingerprint density at radius 3 is 2.52 bits per heavy atom. The van der Waals surface area contributed by atoms with E-state index in [2.05, 4.69) is 27.2 Å². The van der Waals surface area contributed by atoms with Gasteiger partial charge in [0.25, 0.3) is 0 Å². The number of nitrogens with one attached hydrogen (secondary N) is 3. The van der Waals surface area contributed by atoms with Gasteiger partial charge in [-0.1, -0.05) is 18.2 Å². The van der Waals surface area contributed by atoms with Crippen molar-refractivity contribution in [1.29, 1.82) is 5.26 Å². The Labute approximate surface area is 254 Å². The van der Waals surface area contributed by atoms with Crippen molar-refractivity contribution >= 4 is 18.2 Å². The van der Waals surface area contributed by atoms with Crippen molar-refractivity contribution in [3.8, 4) is 23.3 Å². The monoisotopic (exact) mass is 599 g/mol. The topological polar surface area (TPSA) is 164 Å². The second-order valence-corrected chi connectivity index (χ2v) is 9.58. The van der Waals surface area contributed by atoms with Gasteiger partial charge < -0.3 is 34.7 Å². The zero-order valence-electron chi connectivity index (χ0n) is 24.5. The van der Waals surface area contributed by atoms with E-state index in [1.807, 2.05) is 43.3 Å². The number of carbonyl (C=O) groups excluding carboxylic acids is 2. The third kappa shape index (κ3) is 8.27. The number of benzene rings is 3. The summed E-state index contributed by atoms with van der Waals surface area (Å²) in [5, 5.41) is 28.7. The van der Waals surface area contributed by atoms with Crippen LogP contribution in [0.2, 0.25) is 0 Å². The molecule has 0 aromatic heterocycles. The lowest BCUT2D eigenvalue weighted by atomic mass is 9.95. The van der Waals surface area contributed by atoms with Crippen LogP contribution in [0.25, 0.3) is 0 Å². The third-order valence-electron chi connectivity index (χ3n) is 6.48. The summed E-state index contributed by atoms with van der Waals surface area (Å²) in [7, 11) is 1.27. The van der Waals surface area contributed by atoms with Gasteiger partial charge in [0.05, 0.1) is 43.2 Å². The van der Waals surface area contributed by atoms with Gasteiger partial charge in [-0.15, -0.1) is 0 Å². The Balaban J connectivity index is 1.31. The van der Waals surface area contributed by atoms with Crippen molar-refractivity contribution in [2.24, 2.45) is 5.10 Å². The fourth-order valence-corrected chi connectivity index (χ4v) is 4.31. The van der Waals surface area contributed by atoms with Crippen molar-refractivity contribution in [3.05, 3.63) is 100 Å². The molecule has 2 amide bonds. The number of allylic oxidation sites excluding steroid dienone is 1. The molecule has 228 valence electrons. The molecule has 0 saturated carbocycles. The smallest absolute Gasteiger partial charge is 0.337 e. The number of urea groups is 1. The number of hydrogen-bond donors (Lipinski definition) is 4. The number of aliphatic hydroxyl groups excluding tert-OH is 1. The summed E-state index contributed by atoms with van der Waals surface area (Å²) in [6, 6.07) is 20.4. The highest BCUT2D eigenvalue weighted by molar-refractivity contribution is 5.95. The van der Waals surface area contributed by atoms with Crippen molar-refractivity contribution in [2.75, 3.05) is 20.3 Å². The molecule has 12 heteroatoms. The molecule has 0 unspecified atom stereocenters. The molecule has 44 heavy (non-hydrogen) atoms. The fourth-order valence-electron chi connectivity index (χ4n) is 4.31. The second kappa shape index (κ2) is 15.1. The van der Waals surface area contributed by atoms with Crippen LogP contribution >= 0.6 is 0 Å². The second-order valence-electron chi connectivity index (χ2n) is 9.58. The van der Waals surface area contributed by atoms with E-state index in [9.17, 15) is 14.7 Å². The molecule has 0 fully saturated rings. The zero-order valence-corrected chi connectivity index (χ0v) is 24.5. The number of methoxy groups -OCH3 is 1. The molecule has 1 heterocycles. The summed E-state index contributed by atoms with van der Waals surface area (Å²) in [5.74, 6) is 0.839. The van der Waals surface area contributed by atoms with Crippen LogP contribution in [0.3, 0.4) is 0 Å². The van der Waals surface area contributed by atoms with Crippen LogP contribution in [-0.2, 0) is 16.1 Å². The number of ether oxygens (including phenoxy) is 4. The SMILES string of the molecule is CCOc1cc([C@H]2NC(=O)NC(C)=C2C(=O)OC)ccc1OC[C@H](O)N/N=C/c1ccc(OCc2ccc(C#N)cc2)cc1. The summed E-state index contributed by atoms with van der Waals surface area (Å²) in [5.41, 5.74) is 6.20. The molecule has 0 bridgehead atoms. The van der Waals surface area contributed by atoms with Gasteiger partial charge in [0, 0.05) is 5.70 Å². The van der Waals surface area contributed by atoms with E-state index >= 15 is 0 Å². The summed E-state index contributed by atoms with van der Waals surface area (Å²) < 4.78 is 22.2. The van der Waals surface area contributed by atoms with Gasteiger partial charge in [-0.2, -0.15) is 10.4 Å². The molecule has 0 aliphatic carbocycles. The molecule has 4 N–H and O–H groups in total. The van der Waals surface area contributed by atoms with Crippen LogP contribution in [-0.4, -0.2) is 49.9 Å². The first kappa shape index (κ1) is 31.4. The van der Waals surface area contributed by atoms with Gasteiger partial charge in [-0.05, 0) is 79.1 Å². The summed E-state index contributed by atoms with van der Waals surface area (Å²) in [6.45, 7) is 4.00. The number of aliphatic hydroxyl groups is 1. The number of nitriles is 1. The first-order valence-electron chi connectivity index (χ1n) is 13.8. The van der Waals surface area contributed by atoms with Gasteiger partial charge in [-0.3, -0.25) is 5.43 Å². The Morgan fingerprint density at radius 1 is 1.09 bits per heavy atom. The first-order valence-corrected chi connectivity index (χ1v) is 13.8. The minimum absolute atomic E-state index is 0.143. The van der Waals surface area contributed by atoms with Crippen LogP contribution in [0.1, 0.15) is 42.1 Å². The number of amides is 2. The van der Waals surface area contributed by atoms with E-state index in [1.54, 1.807) is 43.5 Å². The minimum atomic E-state index is -1.13. The predicted molar refractivity (Wildman–Crippen MR) is 161 cm³/mol.